The SMILES string of the molecule is NC(=NO)c1ccc(OCCCN2C=CNC2)cc1. The highest BCUT2D eigenvalue weighted by Crippen LogP contribution is 2.12. The molecule has 1 aliphatic rings. The number of amidine groups is 1. The van der Waals surface area contributed by atoms with E-state index < -0.39 is 0 Å². The van der Waals surface area contributed by atoms with E-state index in [0.717, 1.165) is 25.4 Å². The van der Waals surface area contributed by atoms with Crippen LogP contribution in [0.4, 0.5) is 0 Å². The fraction of sp³-hybridized carbons (Fsp3) is 0.308. The molecular formula is C13H18N4O2. The summed E-state index contributed by atoms with van der Waals surface area (Å²) in [5, 5.41) is 14.6. The molecule has 1 aromatic rings. The Balaban J connectivity index is 1.72. The number of nitrogens with zero attached hydrogens (tertiary/aromatic N) is 2. The van der Waals surface area contributed by atoms with Gasteiger partial charge in [0.15, 0.2) is 5.84 Å². The summed E-state index contributed by atoms with van der Waals surface area (Å²) in [6, 6.07) is 7.14. The Morgan fingerprint density at radius 2 is 2.21 bits per heavy atom. The molecule has 0 aliphatic carbocycles. The number of hydrogen-bond acceptors (Lipinski definition) is 5. The second-order valence-electron chi connectivity index (χ2n) is 4.20. The maximum atomic E-state index is 8.55. The molecule has 19 heavy (non-hydrogen) atoms. The van der Waals surface area contributed by atoms with E-state index in [1.54, 1.807) is 12.1 Å². The Morgan fingerprint density at radius 1 is 1.42 bits per heavy atom. The van der Waals surface area contributed by atoms with Crippen molar-refractivity contribution >= 4 is 5.84 Å². The zero-order valence-corrected chi connectivity index (χ0v) is 10.6. The molecule has 6 nitrogen and oxygen atoms in total. The molecule has 102 valence electrons. The summed E-state index contributed by atoms with van der Waals surface area (Å²) in [6.07, 6.45) is 4.92. The Hall–Kier alpha value is -2.37. The summed E-state index contributed by atoms with van der Waals surface area (Å²) in [7, 11) is 0. The first-order valence-electron chi connectivity index (χ1n) is 6.14. The third-order valence-corrected chi connectivity index (χ3v) is 2.81. The Bertz CT molecular complexity index is 456. The first kappa shape index (κ1) is 13.1. The van der Waals surface area contributed by atoms with Crippen LogP contribution in [-0.4, -0.2) is 35.8 Å². The van der Waals surface area contributed by atoms with E-state index in [1.807, 2.05) is 24.5 Å². The predicted octanol–water partition coefficient (Wildman–Crippen LogP) is 0.884. The normalized spacial score (nSPS) is 14.5. The number of nitrogens with two attached hydrogens (primary N) is 1. The minimum Gasteiger partial charge on any atom is -0.494 e. The monoisotopic (exact) mass is 262 g/mol. The highest BCUT2D eigenvalue weighted by molar-refractivity contribution is 5.97. The van der Waals surface area contributed by atoms with Crippen molar-refractivity contribution in [3.05, 3.63) is 42.2 Å². The molecular weight excluding hydrogens is 244 g/mol. The minimum absolute atomic E-state index is 0.0971. The summed E-state index contributed by atoms with van der Waals surface area (Å²) >= 11 is 0. The van der Waals surface area contributed by atoms with E-state index >= 15 is 0 Å². The number of rotatable bonds is 6. The van der Waals surface area contributed by atoms with Crippen molar-refractivity contribution < 1.29 is 9.94 Å². The van der Waals surface area contributed by atoms with Gasteiger partial charge in [-0.25, -0.2) is 0 Å². The van der Waals surface area contributed by atoms with Gasteiger partial charge >= 0.3 is 0 Å². The quantitative estimate of drug-likeness (QED) is 0.233. The van der Waals surface area contributed by atoms with Gasteiger partial charge in [-0.05, 0) is 30.7 Å². The molecule has 0 aromatic heterocycles. The lowest BCUT2D eigenvalue weighted by atomic mass is 10.2. The predicted molar refractivity (Wildman–Crippen MR) is 72.9 cm³/mol. The van der Waals surface area contributed by atoms with Crippen molar-refractivity contribution in [1.29, 1.82) is 0 Å². The summed E-state index contributed by atoms with van der Waals surface area (Å²) < 4.78 is 5.62. The van der Waals surface area contributed by atoms with Crippen molar-refractivity contribution in [3.8, 4) is 5.75 Å². The van der Waals surface area contributed by atoms with Crippen LogP contribution < -0.4 is 15.8 Å². The molecule has 0 bridgehead atoms. The van der Waals surface area contributed by atoms with E-state index in [2.05, 4.69) is 15.4 Å². The van der Waals surface area contributed by atoms with Crippen molar-refractivity contribution in [2.45, 2.75) is 6.42 Å². The molecule has 1 aliphatic heterocycles. The summed E-state index contributed by atoms with van der Waals surface area (Å²) in [4.78, 5) is 2.19. The zero-order chi connectivity index (χ0) is 13.5. The first-order chi connectivity index (χ1) is 9.29. The van der Waals surface area contributed by atoms with E-state index in [1.165, 1.54) is 0 Å². The van der Waals surface area contributed by atoms with Crippen LogP contribution in [0.15, 0.2) is 41.8 Å². The highest BCUT2D eigenvalue weighted by atomic mass is 16.5. The number of ether oxygens (including phenoxy) is 1. The second kappa shape index (κ2) is 6.53. The van der Waals surface area contributed by atoms with E-state index in [-0.39, 0.29) is 5.84 Å². The van der Waals surface area contributed by atoms with Crippen LogP contribution in [0.2, 0.25) is 0 Å². The number of oxime groups is 1. The topological polar surface area (TPSA) is 83.1 Å². The Labute approximate surface area is 112 Å². The third-order valence-electron chi connectivity index (χ3n) is 2.81. The standard InChI is InChI=1S/C13H18N4O2/c14-13(16-18)11-2-4-12(5-3-11)19-9-1-7-17-8-6-15-10-17/h2-6,8,15,18H,1,7,9-10H2,(H2,14,16). The smallest absolute Gasteiger partial charge is 0.170 e. The van der Waals surface area contributed by atoms with Gasteiger partial charge in [-0.3, -0.25) is 0 Å². The molecule has 0 amide bonds. The fourth-order valence-corrected chi connectivity index (χ4v) is 1.77. The van der Waals surface area contributed by atoms with E-state index in [9.17, 15) is 0 Å². The van der Waals surface area contributed by atoms with E-state index in [0.29, 0.717) is 12.2 Å². The molecule has 1 heterocycles. The molecule has 4 N–H and O–H groups in total. The lowest BCUT2D eigenvalue weighted by Crippen LogP contribution is -2.22. The van der Waals surface area contributed by atoms with Crippen molar-refractivity contribution in [2.75, 3.05) is 19.8 Å². The van der Waals surface area contributed by atoms with Crippen molar-refractivity contribution in [2.24, 2.45) is 10.9 Å². The lowest BCUT2D eigenvalue weighted by Gasteiger charge is -2.14. The largest absolute Gasteiger partial charge is 0.494 e. The van der Waals surface area contributed by atoms with Crippen molar-refractivity contribution in [3.63, 3.8) is 0 Å². The summed E-state index contributed by atoms with van der Waals surface area (Å²) in [5.41, 5.74) is 6.15. The molecule has 0 atom stereocenters. The molecule has 0 saturated carbocycles. The van der Waals surface area contributed by atoms with Gasteiger partial charge in [0.25, 0.3) is 0 Å². The van der Waals surface area contributed by atoms with Crippen LogP contribution in [0.5, 0.6) is 5.75 Å². The van der Waals surface area contributed by atoms with Gasteiger partial charge in [-0.2, -0.15) is 0 Å². The van der Waals surface area contributed by atoms with E-state index in [4.69, 9.17) is 15.7 Å². The molecule has 1 aromatic carbocycles. The maximum Gasteiger partial charge on any atom is 0.170 e. The van der Waals surface area contributed by atoms with Gasteiger partial charge in [-0.1, -0.05) is 5.16 Å². The van der Waals surface area contributed by atoms with Crippen LogP contribution in [0.25, 0.3) is 0 Å². The van der Waals surface area contributed by atoms with Gasteiger partial charge in [0.1, 0.15) is 5.75 Å². The Kier molecular flexibility index (Phi) is 4.49. The van der Waals surface area contributed by atoms with Gasteiger partial charge in [-0.15, -0.1) is 0 Å². The molecule has 0 unspecified atom stereocenters. The zero-order valence-electron chi connectivity index (χ0n) is 10.6. The summed E-state index contributed by atoms with van der Waals surface area (Å²) in [5.74, 6) is 0.879. The molecule has 0 fully saturated rings. The van der Waals surface area contributed by atoms with Crippen LogP contribution in [0.1, 0.15) is 12.0 Å². The van der Waals surface area contributed by atoms with Gasteiger partial charge < -0.3 is 25.9 Å². The second-order valence-corrected chi connectivity index (χ2v) is 4.20. The highest BCUT2D eigenvalue weighted by Gasteiger charge is 2.03. The average Bonchev–Trinajstić information content (AvgIpc) is 2.96. The average molecular weight is 262 g/mol. The lowest BCUT2D eigenvalue weighted by molar-refractivity contribution is 0.279. The van der Waals surface area contributed by atoms with Gasteiger partial charge in [0.05, 0.1) is 13.3 Å². The number of hydrogen-bond donors (Lipinski definition) is 3. The molecule has 0 radical (unpaired) electrons. The summed E-state index contributed by atoms with van der Waals surface area (Å²) in [6.45, 7) is 2.49. The maximum absolute atomic E-state index is 8.55. The number of nitrogens with one attached hydrogen (secondary N) is 1. The molecule has 0 saturated heterocycles. The Morgan fingerprint density at radius 3 is 2.84 bits per heavy atom. The molecule has 6 heteroatoms. The van der Waals surface area contributed by atoms with Gasteiger partial charge in [0, 0.05) is 24.5 Å². The van der Waals surface area contributed by atoms with Crippen LogP contribution >= 0.6 is 0 Å². The third kappa shape index (κ3) is 3.80. The molecule has 0 spiro atoms. The van der Waals surface area contributed by atoms with Crippen molar-refractivity contribution in [1.82, 2.24) is 10.2 Å². The fourth-order valence-electron chi connectivity index (χ4n) is 1.77. The molecule has 2 rings (SSSR count). The van der Waals surface area contributed by atoms with Crippen LogP contribution in [-0.2, 0) is 0 Å². The number of benzene rings is 1. The van der Waals surface area contributed by atoms with Crippen LogP contribution in [0, 0.1) is 0 Å². The first-order valence-corrected chi connectivity index (χ1v) is 6.14. The van der Waals surface area contributed by atoms with Crippen LogP contribution in [0.3, 0.4) is 0 Å². The minimum atomic E-state index is 0.0971. The van der Waals surface area contributed by atoms with Gasteiger partial charge in [0.2, 0.25) is 0 Å².